The Hall–Kier alpha value is -1.90. The molecule has 0 amide bonds. The van der Waals surface area contributed by atoms with Crippen molar-refractivity contribution in [2.45, 2.75) is 6.43 Å². The summed E-state index contributed by atoms with van der Waals surface area (Å²) in [6.45, 7) is 0. The first-order valence-electron chi connectivity index (χ1n) is 5.23. The number of fused-ring (bicyclic) bond motifs is 1. The lowest BCUT2D eigenvalue weighted by Gasteiger charge is -2.03. The van der Waals surface area contributed by atoms with E-state index in [2.05, 4.69) is 0 Å². The van der Waals surface area contributed by atoms with Crippen LogP contribution >= 0.6 is 0 Å². The van der Waals surface area contributed by atoms with E-state index in [1.807, 2.05) is 30.3 Å². The largest absolute Gasteiger partial charge is 0.497 e. The quantitative estimate of drug-likeness (QED) is 0.776. The molecular weight excluding hydrogens is 222 g/mol. The minimum Gasteiger partial charge on any atom is -0.497 e. The summed E-state index contributed by atoms with van der Waals surface area (Å²) in [4.78, 5) is 0. The topological polar surface area (TPSA) is 9.23 Å². The van der Waals surface area contributed by atoms with Gasteiger partial charge in [0.2, 0.25) is 0 Å². The zero-order valence-electron chi connectivity index (χ0n) is 9.36. The number of benzene rings is 2. The van der Waals surface area contributed by atoms with Crippen molar-refractivity contribution in [3.8, 4) is 5.75 Å². The molecule has 0 heterocycles. The van der Waals surface area contributed by atoms with Crippen molar-refractivity contribution in [3.63, 3.8) is 0 Å². The normalized spacial score (nSPS) is 11.5. The molecule has 0 radical (unpaired) electrons. The second kappa shape index (κ2) is 4.95. The Labute approximate surface area is 98.3 Å². The van der Waals surface area contributed by atoms with E-state index < -0.39 is 6.43 Å². The van der Waals surface area contributed by atoms with Gasteiger partial charge in [-0.2, -0.15) is 0 Å². The number of rotatable bonds is 3. The number of hydrogen-bond donors (Lipinski definition) is 0. The highest BCUT2D eigenvalue weighted by atomic mass is 19.3. The molecular formula is C14H12F2O. The fourth-order valence-electron chi connectivity index (χ4n) is 1.66. The number of hydrogen-bond acceptors (Lipinski definition) is 1. The van der Waals surface area contributed by atoms with Gasteiger partial charge in [0.25, 0.3) is 6.43 Å². The number of allylic oxidation sites excluding steroid dienone is 1. The summed E-state index contributed by atoms with van der Waals surface area (Å²) in [5, 5.41) is 2.03. The maximum absolute atomic E-state index is 12.0. The van der Waals surface area contributed by atoms with Gasteiger partial charge in [-0.05, 0) is 40.6 Å². The molecule has 0 atom stereocenters. The number of methoxy groups -OCH3 is 1. The molecule has 0 aliphatic rings. The highest BCUT2D eigenvalue weighted by Gasteiger charge is 1.98. The molecule has 3 heteroatoms. The molecule has 0 unspecified atom stereocenters. The average Bonchev–Trinajstić information content (AvgIpc) is 2.35. The Bertz CT molecular complexity index is 547. The Kier molecular flexibility index (Phi) is 3.38. The second-order valence-electron chi connectivity index (χ2n) is 3.67. The molecule has 0 aliphatic heterocycles. The standard InChI is InChI=1S/C14H12F2O/c1-17-13-6-5-11-8-10(3-7-14(15)16)2-4-12(11)9-13/h2-9,14H,1H3/b7-3+. The SMILES string of the molecule is COc1ccc2cc(/C=C/C(F)F)ccc2c1. The average molecular weight is 234 g/mol. The predicted molar refractivity (Wildman–Crippen MR) is 65.5 cm³/mol. The number of ether oxygens (including phenoxy) is 1. The van der Waals surface area contributed by atoms with Crippen LogP contribution in [0.15, 0.2) is 42.5 Å². The summed E-state index contributed by atoms with van der Waals surface area (Å²) in [7, 11) is 1.61. The van der Waals surface area contributed by atoms with Gasteiger partial charge in [0.15, 0.2) is 0 Å². The molecule has 0 fully saturated rings. The van der Waals surface area contributed by atoms with Crippen molar-refractivity contribution in [1.82, 2.24) is 0 Å². The molecule has 0 spiro atoms. The van der Waals surface area contributed by atoms with Crippen LogP contribution in [0.3, 0.4) is 0 Å². The van der Waals surface area contributed by atoms with E-state index in [-0.39, 0.29) is 0 Å². The van der Waals surface area contributed by atoms with Crippen molar-refractivity contribution < 1.29 is 13.5 Å². The van der Waals surface area contributed by atoms with E-state index in [4.69, 9.17) is 4.74 Å². The summed E-state index contributed by atoms with van der Waals surface area (Å²) in [6, 6.07) is 11.2. The Morgan fingerprint density at radius 1 is 1.06 bits per heavy atom. The third-order valence-electron chi connectivity index (χ3n) is 2.51. The van der Waals surface area contributed by atoms with Gasteiger partial charge in [0, 0.05) is 0 Å². The molecule has 0 aliphatic carbocycles. The van der Waals surface area contributed by atoms with Crippen LogP contribution in [0.25, 0.3) is 16.8 Å². The lowest BCUT2D eigenvalue weighted by molar-refractivity contribution is 0.205. The molecule has 0 bridgehead atoms. The summed E-state index contributed by atoms with van der Waals surface area (Å²) in [6.07, 6.45) is -0.111. The fourth-order valence-corrected chi connectivity index (χ4v) is 1.66. The van der Waals surface area contributed by atoms with Crippen LogP contribution in [0.2, 0.25) is 0 Å². The van der Waals surface area contributed by atoms with E-state index in [0.717, 1.165) is 28.2 Å². The molecule has 0 N–H and O–H groups in total. The predicted octanol–water partition coefficient (Wildman–Crippen LogP) is 4.13. The van der Waals surface area contributed by atoms with Crippen molar-refractivity contribution >= 4 is 16.8 Å². The van der Waals surface area contributed by atoms with Gasteiger partial charge in [-0.15, -0.1) is 0 Å². The zero-order valence-corrected chi connectivity index (χ0v) is 9.36. The Morgan fingerprint density at radius 2 is 1.76 bits per heavy atom. The summed E-state index contributed by atoms with van der Waals surface area (Å²) < 4.78 is 29.2. The minimum atomic E-state index is -2.42. The minimum absolute atomic E-state index is 0.767. The first-order valence-corrected chi connectivity index (χ1v) is 5.23. The van der Waals surface area contributed by atoms with Gasteiger partial charge in [-0.25, -0.2) is 8.78 Å². The maximum Gasteiger partial charge on any atom is 0.257 e. The van der Waals surface area contributed by atoms with Crippen molar-refractivity contribution in [2.75, 3.05) is 7.11 Å². The first-order chi connectivity index (χ1) is 8.19. The lowest BCUT2D eigenvalue weighted by Crippen LogP contribution is -1.83. The Morgan fingerprint density at radius 3 is 2.47 bits per heavy atom. The number of alkyl halides is 2. The van der Waals surface area contributed by atoms with E-state index in [0.29, 0.717) is 0 Å². The van der Waals surface area contributed by atoms with Crippen molar-refractivity contribution in [1.29, 1.82) is 0 Å². The van der Waals surface area contributed by atoms with Gasteiger partial charge in [0.05, 0.1) is 7.11 Å². The molecule has 17 heavy (non-hydrogen) atoms. The molecule has 0 saturated carbocycles. The van der Waals surface area contributed by atoms with E-state index >= 15 is 0 Å². The maximum atomic E-state index is 12.0. The smallest absolute Gasteiger partial charge is 0.257 e. The highest BCUT2D eigenvalue weighted by molar-refractivity contribution is 5.86. The Balaban J connectivity index is 2.38. The molecule has 2 aromatic rings. The van der Waals surface area contributed by atoms with Crippen LogP contribution in [-0.4, -0.2) is 13.5 Å². The van der Waals surface area contributed by atoms with Crippen LogP contribution in [-0.2, 0) is 0 Å². The van der Waals surface area contributed by atoms with Crippen molar-refractivity contribution in [3.05, 3.63) is 48.0 Å². The summed E-state index contributed by atoms with van der Waals surface area (Å²) in [5.41, 5.74) is 0.767. The van der Waals surface area contributed by atoms with E-state index in [9.17, 15) is 8.78 Å². The van der Waals surface area contributed by atoms with Gasteiger partial charge in [0.1, 0.15) is 5.75 Å². The molecule has 0 saturated heterocycles. The van der Waals surface area contributed by atoms with Gasteiger partial charge in [-0.3, -0.25) is 0 Å². The highest BCUT2D eigenvalue weighted by Crippen LogP contribution is 2.22. The molecule has 0 aromatic heterocycles. The fraction of sp³-hybridized carbons (Fsp3) is 0.143. The monoisotopic (exact) mass is 234 g/mol. The zero-order chi connectivity index (χ0) is 12.3. The third-order valence-corrected chi connectivity index (χ3v) is 2.51. The molecule has 88 valence electrons. The first kappa shape index (κ1) is 11.6. The summed E-state index contributed by atoms with van der Waals surface area (Å²) >= 11 is 0. The van der Waals surface area contributed by atoms with Crippen molar-refractivity contribution in [2.24, 2.45) is 0 Å². The third kappa shape index (κ3) is 2.81. The second-order valence-corrected chi connectivity index (χ2v) is 3.67. The van der Waals surface area contributed by atoms with Crippen LogP contribution in [0.1, 0.15) is 5.56 Å². The van der Waals surface area contributed by atoms with Crippen LogP contribution in [0.5, 0.6) is 5.75 Å². The van der Waals surface area contributed by atoms with E-state index in [1.54, 1.807) is 13.2 Å². The molecule has 2 rings (SSSR count). The lowest BCUT2D eigenvalue weighted by atomic mass is 10.1. The van der Waals surface area contributed by atoms with E-state index in [1.165, 1.54) is 6.08 Å². The molecule has 2 aromatic carbocycles. The van der Waals surface area contributed by atoms with Gasteiger partial charge >= 0.3 is 0 Å². The number of halogens is 2. The van der Waals surface area contributed by atoms with Gasteiger partial charge in [-0.1, -0.05) is 24.3 Å². The van der Waals surface area contributed by atoms with Crippen LogP contribution in [0.4, 0.5) is 8.78 Å². The summed E-state index contributed by atoms with van der Waals surface area (Å²) in [5.74, 6) is 0.786. The van der Waals surface area contributed by atoms with Crippen LogP contribution < -0.4 is 4.74 Å². The van der Waals surface area contributed by atoms with Crippen LogP contribution in [0, 0.1) is 0 Å². The molecule has 1 nitrogen and oxygen atoms in total. The van der Waals surface area contributed by atoms with Gasteiger partial charge < -0.3 is 4.74 Å².